The maximum atomic E-state index is 13.2. The molecule has 4 atom stereocenters. The lowest BCUT2D eigenvalue weighted by molar-refractivity contribution is -0.141. The highest BCUT2D eigenvalue weighted by atomic mass is 16.3. The van der Waals surface area contributed by atoms with Crippen molar-refractivity contribution in [2.24, 2.45) is 5.92 Å². The van der Waals surface area contributed by atoms with Crippen LogP contribution in [0.15, 0.2) is 115 Å². The summed E-state index contributed by atoms with van der Waals surface area (Å²) in [5, 5.41) is 24.2. The molecular formula is C42H43N5O5. The Labute approximate surface area is 303 Å². The van der Waals surface area contributed by atoms with E-state index in [-0.39, 0.29) is 49.1 Å². The van der Waals surface area contributed by atoms with E-state index >= 15 is 0 Å². The molecule has 3 heterocycles. The Kier molecular flexibility index (Phi) is 10.6. The Bertz CT molecular complexity index is 1980. The first-order valence-electron chi connectivity index (χ1n) is 17.9. The second-order valence-electron chi connectivity index (χ2n) is 13.7. The smallest absolute Gasteiger partial charge is 0.252 e. The fraction of sp³-hybridized carbons (Fsp3) is 0.286. The second-order valence-corrected chi connectivity index (χ2v) is 13.7. The fourth-order valence-electron chi connectivity index (χ4n) is 7.23. The van der Waals surface area contributed by atoms with Crippen molar-refractivity contribution in [3.8, 4) is 22.4 Å². The summed E-state index contributed by atoms with van der Waals surface area (Å²) in [4.78, 5) is 50.5. The van der Waals surface area contributed by atoms with Crippen LogP contribution in [0.25, 0.3) is 22.4 Å². The van der Waals surface area contributed by atoms with Crippen LogP contribution in [0.4, 0.5) is 5.69 Å². The van der Waals surface area contributed by atoms with Gasteiger partial charge in [0.25, 0.3) is 11.8 Å². The van der Waals surface area contributed by atoms with E-state index in [2.05, 4.69) is 15.3 Å². The van der Waals surface area contributed by atoms with Gasteiger partial charge in [0.15, 0.2) is 0 Å². The summed E-state index contributed by atoms with van der Waals surface area (Å²) in [5.41, 5.74) is 6.31. The number of imidazole rings is 1. The number of rotatable bonds is 11. The van der Waals surface area contributed by atoms with Crippen molar-refractivity contribution in [3.63, 3.8) is 0 Å². The molecule has 0 spiro atoms. The number of nitrogens with zero attached hydrogens (tertiary/aromatic N) is 3. The minimum atomic E-state index is -1.13. The number of amides is 3. The average molecular weight is 698 g/mol. The first kappa shape index (κ1) is 34.9. The second kappa shape index (κ2) is 15.8. The van der Waals surface area contributed by atoms with Crippen molar-refractivity contribution in [3.05, 3.63) is 132 Å². The van der Waals surface area contributed by atoms with Gasteiger partial charge in [-0.05, 0) is 59.2 Å². The number of carbonyl (C=O) groups excluding carboxylic acids is 3. The van der Waals surface area contributed by atoms with Gasteiger partial charge < -0.3 is 30.3 Å². The van der Waals surface area contributed by atoms with Gasteiger partial charge in [-0.3, -0.25) is 14.4 Å². The van der Waals surface area contributed by atoms with Gasteiger partial charge in [-0.2, -0.15) is 0 Å². The number of aromatic amines is 1. The number of aliphatic hydroxyl groups is 2. The summed E-state index contributed by atoms with van der Waals surface area (Å²) in [7, 11) is 0. The number of hydrogen-bond donors (Lipinski definition) is 4. The largest absolute Gasteiger partial charge is 0.383 e. The van der Waals surface area contributed by atoms with Crippen LogP contribution in [0, 0.1) is 5.92 Å². The first-order chi connectivity index (χ1) is 25.3. The van der Waals surface area contributed by atoms with Gasteiger partial charge in [0.2, 0.25) is 5.91 Å². The Morgan fingerprint density at radius 2 is 1.31 bits per heavy atom. The van der Waals surface area contributed by atoms with Crippen LogP contribution >= 0.6 is 0 Å². The molecule has 10 heteroatoms. The lowest BCUT2D eigenvalue weighted by atomic mass is 10.0. The SMILES string of the molecule is O=C(Nc1ccc(-c2ccc(-c3cnc([C@@H]4CCCN4C(=O)[C@@H](O)Cc4ccccc4)[nH]3)cc2)cc1)[C@H]1CCN(C(=O)[C@@H](O)Cc2ccccc2)C1. The monoisotopic (exact) mass is 697 g/mol. The van der Waals surface area contributed by atoms with Crippen LogP contribution < -0.4 is 5.32 Å². The van der Waals surface area contributed by atoms with Gasteiger partial charge in [0.05, 0.1) is 23.9 Å². The molecule has 0 bridgehead atoms. The van der Waals surface area contributed by atoms with E-state index in [4.69, 9.17) is 0 Å². The topological polar surface area (TPSA) is 139 Å². The predicted octanol–water partition coefficient (Wildman–Crippen LogP) is 5.40. The molecule has 52 heavy (non-hydrogen) atoms. The van der Waals surface area contributed by atoms with Crippen molar-refractivity contribution in [2.45, 2.75) is 50.4 Å². The molecule has 2 saturated heterocycles. The average Bonchev–Trinajstić information content (AvgIpc) is 3.97. The molecule has 7 rings (SSSR count). The molecule has 4 aromatic carbocycles. The van der Waals surface area contributed by atoms with E-state index in [9.17, 15) is 24.6 Å². The van der Waals surface area contributed by atoms with Gasteiger partial charge >= 0.3 is 0 Å². The number of aliphatic hydroxyl groups excluding tert-OH is 2. The Morgan fingerprint density at radius 3 is 1.94 bits per heavy atom. The number of carbonyl (C=O) groups is 3. The number of nitrogens with one attached hydrogen (secondary N) is 2. The third-order valence-electron chi connectivity index (χ3n) is 10.1. The lowest BCUT2D eigenvalue weighted by Gasteiger charge is -2.25. The molecular weight excluding hydrogens is 654 g/mol. The minimum absolute atomic E-state index is 0.141. The highest BCUT2D eigenvalue weighted by Gasteiger charge is 2.35. The van der Waals surface area contributed by atoms with Crippen LogP contribution in [0.2, 0.25) is 0 Å². The van der Waals surface area contributed by atoms with Crippen LogP contribution in [-0.2, 0) is 27.2 Å². The molecule has 4 N–H and O–H groups in total. The zero-order valence-corrected chi connectivity index (χ0v) is 28.9. The minimum Gasteiger partial charge on any atom is -0.383 e. The van der Waals surface area contributed by atoms with Crippen molar-refractivity contribution < 1.29 is 24.6 Å². The van der Waals surface area contributed by atoms with Gasteiger partial charge in [-0.25, -0.2) is 4.98 Å². The summed E-state index contributed by atoms with van der Waals surface area (Å²) in [5.74, 6) is -0.381. The van der Waals surface area contributed by atoms with E-state index in [0.717, 1.165) is 46.4 Å². The number of likely N-dealkylation sites (tertiary alicyclic amines) is 2. The van der Waals surface area contributed by atoms with Crippen LogP contribution in [0.3, 0.4) is 0 Å². The summed E-state index contributed by atoms with van der Waals surface area (Å²) in [6.07, 6.45) is 2.26. The van der Waals surface area contributed by atoms with E-state index in [1.807, 2.05) is 109 Å². The number of H-pyrrole nitrogens is 1. The van der Waals surface area contributed by atoms with Gasteiger partial charge in [0.1, 0.15) is 18.0 Å². The molecule has 10 nitrogen and oxygen atoms in total. The molecule has 2 aliphatic heterocycles. The summed E-state index contributed by atoms with van der Waals surface area (Å²) in [6, 6.07) is 34.5. The molecule has 0 aliphatic carbocycles. The zero-order valence-electron chi connectivity index (χ0n) is 28.9. The summed E-state index contributed by atoms with van der Waals surface area (Å²) in [6.45, 7) is 1.31. The van der Waals surface area contributed by atoms with E-state index in [1.54, 1.807) is 16.0 Å². The van der Waals surface area contributed by atoms with E-state index < -0.39 is 12.2 Å². The lowest BCUT2D eigenvalue weighted by Crippen LogP contribution is -2.40. The number of aromatic nitrogens is 2. The van der Waals surface area contributed by atoms with Crippen LogP contribution in [0.1, 0.15) is 42.3 Å². The highest BCUT2D eigenvalue weighted by molar-refractivity contribution is 5.94. The molecule has 2 fully saturated rings. The number of anilines is 1. The fourth-order valence-corrected chi connectivity index (χ4v) is 7.23. The molecule has 1 aromatic heterocycles. The number of benzene rings is 4. The van der Waals surface area contributed by atoms with Gasteiger partial charge in [0, 0.05) is 38.2 Å². The number of hydrogen-bond acceptors (Lipinski definition) is 6. The molecule has 0 saturated carbocycles. The standard InChI is InChI=1S/C42H43N5O5/c48-37(24-28-8-3-1-4-9-28)41(51)46-23-21-33(27-46)40(50)44-34-19-17-31(18-20-34)30-13-15-32(16-14-30)35-26-43-39(45-35)36-12-7-22-47(36)42(52)38(49)25-29-10-5-2-6-11-29/h1-6,8-11,13-20,26,33,36-38,48-49H,7,12,21-25,27H2,(H,43,45)(H,44,50)/t33-,36-,37-,38-/m0/s1. The third kappa shape index (κ3) is 7.98. The van der Waals surface area contributed by atoms with E-state index in [1.165, 1.54) is 0 Å². The highest BCUT2D eigenvalue weighted by Crippen LogP contribution is 2.33. The van der Waals surface area contributed by atoms with Crippen molar-refractivity contribution >= 4 is 23.4 Å². The molecule has 266 valence electrons. The maximum Gasteiger partial charge on any atom is 0.252 e. The molecule has 2 aliphatic rings. The molecule has 3 amide bonds. The molecule has 5 aromatic rings. The molecule has 0 unspecified atom stereocenters. The summed E-state index contributed by atoms with van der Waals surface area (Å²) < 4.78 is 0. The predicted molar refractivity (Wildman–Crippen MR) is 199 cm³/mol. The van der Waals surface area contributed by atoms with Gasteiger partial charge in [-0.15, -0.1) is 0 Å². The van der Waals surface area contributed by atoms with Crippen LogP contribution in [-0.4, -0.2) is 79.5 Å². The zero-order chi connectivity index (χ0) is 36.0. The quantitative estimate of drug-likeness (QED) is 0.146. The van der Waals surface area contributed by atoms with Gasteiger partial charge in [-0.1, -0.05) is 97.1 Å². The first-order valence-corrected chi connectivity index (χ1v) is 17.9. The van der Waals surface area contributed by atoms with Crippen molar-refractivity contribution in [1.82, 2.24) is 19.8 Å². The maximum absolute atomic E-state index is 13.2. The van der Waals surface area contributed by atoms with E-state index in [0.29, 0.717) is 31.0 Å². The Hall–Kier alpha value is -5.58. The summed E-state index contributed by atoms with van der Waals surface area (Å²) >= 11 is 0. The molecule has 0 radical (unpaired) electrons. The van der Waals surface area contributed by atoms with Crippen molar-refractivity contribution in [1.29, 1.82) is 0 Å². The Morgan fingerprint density at radius 1 is 0.731 bits per heavy atom. The normalized spacial score (nSPS) is 18.3. The van der Waals surface area contributed by atoms with Crippen LogP contribution in [0.5, 0.6) is 0 Å². The Balaban J connectivity index is 0.918. The third-order valence-corrected chi connectivity index (χ3v) is 10.1. The van der Waals surface area contributed by atoms with Crippen molar-refractivity contribution in [2.75, 3.05) is 25.0 Å².